The van der Waals surface area contributed by atoms with Gasteiger partial charge in [-0.15, -0.1) is 0 Å². The van der Waals surface area contributed by atoms with Crippen molar-refractivity contribution in [2.75, 3.05) is 6.61 Å². The average molecular weight is 374 g/mol. The highest BCUT2D eigenvalue weighted by molar-refractivity contribution is 9.09. The minimum absolute atomic E-state index is 0.0226. The summed E-state index contributed by atoms with van der Waals surface area (Å²) in [5.74, 6) is 1.53. The number of halogens is 3. The molecule has 1 aliphatic heterocycles. The van der Waals surface area contributed by atoms with Crippen LogP contribution in [-0.4, -0.2) is 12.7 Å². The van der Waals surface area contributed by atoms with Gasteiger partial charge in [0, 0.05) is 0 Å². The van der Waals surface area contributed by atoms with E-state index in [0.29, 0.717) is 16.7 Å². The third kappa shape index (κ3) is 2.76. The summed E-state index contributed by atoms with van der Waals surface area (Å²) in [6.07, 6.45) is -0.123. The maximum absolute atomic E-state index is 6.05. The van der Waals surface area contributed by atoms with Crippen LogP contribution in [0.3, 0.4) is 0 Å². The van der Waals surface area contributed by atoms with Crippen LogP contribution in [0.25, 0.3) is 0 Å². The van der Waals surface area contributed by atoms with Crippen LogP contribution in [0.2, 0.25) is 10.0 Å². The lowest BCUT2D eigenvalue weighted by atomic mass is 10.1. The maximum Gasteiger partial charge on any atom is 0.161 e. The predicted molar refractivity (Wildman–Crippen MR) is 84.5 cm³/mol. The van der Waals surface area contributed by atoms with Gasteiger partial charge in [-0.05, 0) is 29.8 Å². The summed E-state index contributed by atoms with van der Waals surface area (Å²) < 4.78 is 11.7. The summed E-state index contributed by atoms with van der Waals surface area (Å²) in [4.78, 5) is -0.0226. The Labute approximate surface area is 135 Å². The van der Waals surface area contributed by atoms with Gasteiger partial charge in [-0.3, -0.25) is 0 Å². The minimum atomic E-state index is -0.123. The fourth-order valence-corrected chi connectivity index (χ4v) is 2.93. The Morgan fingerprint density at radius 3 is 2.55 bits per heavy atom. The highest BCUT2D eigenvalue weighted by Gasteiger charge is 2.28. The molecule has 0 N–H and O–H groups in total. The molecule has 2 unspecified atom stereocenters. The SMILES string of the molecule is Clc1ccc(C(Br)C2COc3ccccc3O2)cc1Cl. The molecule has 104 valence electrons. The van der Waals surface area contributed by atoms with Crippen molar-refractivity contribution in [1.82, 2.24) is 0 Å². The molecule has 0 aromatic heterocycles. The first-order chi connectivity index (χ1) is 9.65. The van der Waals surface area contributed by atoms with E-state index >= 15 is 0 Å². The molecule has 2 aromatic rings. The first-order valence-corrected chi connectivity index (χ1v) is 7.80. The van der Waals surface area contributed by atoms with Gasteiger partial charge in [0.05, 0.1) is 14.9 Å². The molecule has 1 heterocycles. The predicted octanol–water partition coefficient (Wildman–Crippen LogP) is 5.27. The van der Waals surface area contributed by atoms with Gasteiger partial charge in [0.1, 0.15) is 12.7 Å². The third-order valence-corrected chi connectivity index (χ3v) is 4.98. The number of fused-ring (bicyclic) bond motifs is 1. The molecule has 0 saturated carbocycles. The molecule has 2 nitrogen and oxygen atoms in total. The van der Waals surface area contributed by atoms with Gasteiger partial charge in [-0.25, -0.2) is 0 Å². The second-order valence-corrected chi connectivity index (χ2v) is 6.29. The molecular formula is C15H11BrCl2O2. The monoisotopic (exact) mass is 372 g/mol. The van der Waals surface area contributed by atoms with Crippen molar-refractivity contribution < 1.29 is 9.47 Å². The highest BCUT2D eigenvalue weighted by Crippen LogP contribution is 2.38. The molecule has 3 rings (SSSR count). The Morgan fingerprint density at radius 1 is 1.05 bits per heavy atom. The van der Waals surface area contributed by atoms with Crippen molar-refractivity contribution in [3.8, 4) is 11.5 Å². The number of hydrogen-bond acceptors (Lipinski definition) is 2. The van der Waals surface area contributed by atoms with Crippen LogP contribution in [0, 0.1) is 0 Å². The van der Waals surface area contributed by atoms with Gasteiger partial charge >= 0.3 is 0 Å². The van der Waals surface area contributed by atoms with Crippen LogP contribution in [0.5, 0.6) is 11.5 Å². The Bertz CT molecular complexity index is 633. The van der Waals surface area contributed by atoms with E-state index in [4.69, 9.17) is 32.7 Å². The minimum Gasteiger partial charge on any atom is -0.486 e. The van der Waals surface area contributed by atoms with Gasteiger partial charge in [-0.1, -0.05) is 57.3 Å². The van der Waals surface area contributed by atoms with Crippen molar-refractivity contribution in [3.05, 3.63) is 58.1 Å². The second kappa shape index (κ2) is 5.84. The second-order valence-electron chi connectivity index (χ2n) is 4.49. The zero-order valence-corrected chi connectivity index (χ0v) is 13.5. The zero-order chi connectivity index (χ0) is 14.1. The van der Waals surface area contributed by atoms with Crippen molar-refractivity contribution in [2.24, 2.45) is 0 Å². The smallest absolute Gasteiger partial charge is 0.161 e. The Balaban J connectivity index is 1.82. The molecule has 0 bridgehead atoms. The molecule has 2 atom stereocenters. The lowest BCUT2D eigenvalue weighted by Gasteiger charge is -2.29. The maximum atomic E-state index is 6.05. The molecule has 0 fully saturated rings. The van der Waals surface area contributed by atoms with Gasteiger partial charge in [0.15, 0.2) is 11.5 Å². The molecule has 0 radical (unpaired) electrons. The Kier molecular flexibility index (Phi) is 4.11. The lowest BCUT2D eigenvalue weighted by molar-refractivity contribution is 0.0905. The number of para-hydroxylation sites is 2. The molecule has 0 saturated heterocycles. The molecule has 1 aliphatic rings. The molecule has 2 aromatic carbocycles. The van der Waals surface area contributed by atoms with Crippen molar-refractivity contribution in [2.45, 2.75) is 10.9 Å². The van der Waals surface area contributed by atoms with E-state index in [1.54, 1.807) is 6.07 Å². The number of hydrogen-bond donors (Lipinski definition) is 0. The van der Waals surface area contributed by atoms with Gasteiger partial charge in [0.2, 0.25) is 0 Å². The van der Waals surface area contributed by atoms with Crippen LogP contribution in [0.1, 0.15) is 10.4 Å². The van der Waals surface area contributed by atoms with E-state index in [1.165, 1.54) is 0 Å². The molecule has 5 heteroatoms. The summed E-state index contributed by atoms with van der Waals surface area (Å²) in [6.45, 7) is 0.479. The molecule has 0 aliphatic carbocycles. The fourth-order valence-electron chi connectivity index (χ4n) is 2.08. The summed E-state index contributed by atoms with van der Waals surface area (Å²) in [5.41, 5.74) is 1.01. The van der Waals surface area contributed by atoms with Crippen LogP contribution in [-0.2, 0) is 0 Å². The van der Waals surface area contributed by atoms with E-state index in [2.05, 4.69) is 15.9 Å². The van der Waals surface area contributed by atoms with Crippen LogP contribution < -0.4 is 9.47 Å². The summed E-state index contributed by atoms with van der Waals surface area (Å²) in [7, 11) is 0. The Morgan fingerprint density at radius 2 is 1.80 bits per heavy atom. The van der Waals surface area contributed by atoms with Crippen molar-refractivity contribution in [3.63, 3.8) is 0 Å². The number of ether oxygens (including phenoxy) is 2. The quantitative estimate of drug-likeness (QED) is 0.667. The van der Waals surface area contributed by atoms with Crippen molar-refractivity contribution in [1.29, 1.82) is 0 Å². The standard InChI is InChI=1S/C15H11BrCl2O2/c16-15(9-5-6-10(17)11(18)7-9)14-8-19-12-3-1-2-4-13(12)20-14/h1-7,14-15H,8H2. The number of rotatable bonds is 2. The van der Waals surface area contributed by atoms with E-state index in [-0.39, 0.29) is 10.9 Å². The van der Waals surface area contributed by atoms with E-state index in [1.807, 2.05) is 36.4 Å². The van der Waals surface area contributed by atoms with Crippen LogP contribution in [0.4, 0.5) is 0 Å². The lowest BCUT2D eigenvalue weighted by Crippen LogP contribution is -2.32. The fraction of sp³-hybridized carbons (Fsp3) is 0.200. The normalized spacial score (nSPS) is 18.6. The van der Waals surface area contributed by atoms with E-state index < -0.39 is 0 Å². The molecular weight excluding hydrogens is 363 g/mol. The topological polar surface area (TPSA) is 18.5 Å². The van der Waals surface area contributed by atoms with Crippen molar-refractivity contribution >= 4 is 39.1 Å². The highest BCUT2D eigenvalue weighted by atomic mass is 79.9. The number of alkyl halides is 1. The average Bonchev–Trinajstić information content (AvgIpc) is 2.49. The first kappa shape index (κ1) is 14.1. The van der Waals surface area contributed by atoms with Gasteiger partial charge in [-0.2, -0.15) is 0 Å². The molecule has 0 amide bonds. The van der Waals surface area contributed by atoms with Gasteiger partial charge in [0.25, 0.3) is 0 Å². The summed E-state index contributed by atoms with van der Waals surface area (Å²) >= 11 is 15.6. The summed E-state index contributed by atoms with van der Waals surface area (Å²) in [5, 5.41) is 1.08. The largest absolute Gasteiger partial charge is 0.486 e. The zero-order valence-electron chi connectivity index (χ0n) is 10.4. The molecule has 20 heavy (non-hydrogen) atoms. The molecule has 0 spiro atoms. The summed E-state index contributed by atoms with van der Waals surface area (Å²) in [6, 6.07) is 13.2. The van der Waals surface area contributed by atoms with Crippen LogP contribution >= 0.6 is 39.1 Å². The van der Waals surface area contributed by atoms with Crippen LogP contribution in [0.15, 0.2) is 42.5 Å². The van der Waals surface area contributed by atoms with Gasteiger partial charge < -0.3 is 9.47 Å². The Hall–Kier alpha value is -0.900. The third-order valence-electron chi connectivity index (χ3n) is 3.12. The van der Waals surface area contributed by atoms with E-state index in [0.717, 1.165) is 17.1 Å². The number of benzene rings is 2. The van der Waals surface area contributed by atoms with E-state index in [9.17, 15) is 0 Å². The first-order valence-electron chi connectivity index (χ1n) is 6.12.